The summed E-state index contributed by atoms with van der Waals surface area (Å²) in [6.07, 6.45) is 9.96. The van der Waals surface area contributed by atoms with Crippen LogP contribution in [0.5, 0.6) is 0 Å². The molecule has 0 saturated carbocycles. The maximum atomic E-state index is 5.90. The summed E-state index contributed by atoms with van der Waals surface area (Å²) in [5, 5.41) is 3.46. The molecule has 0 radical (unpaired) electrons. The van der Waals surface area contributed by atoms with Gasteiger partial charge in [0.2, 0.25) is 0 Å². The van der Waals surface area contributed by atoms with Crippen LogP contribution >= 0.6 is 0 Å². The number of nitrogens with one attached hydrogen (secondary N) is 1. The van der Waals surface area contributed by atoms with Gasteiger partial charge in [0, 0.05) is 54.7 Å². The summed E-state index contributed by atoms with van der Waals surface area (Å²) < 4.78 is 33.2. The number of hydrogen-bond acceptors (Lipinski definition) is 7. The molecule has 0 saturated heterocycles. The SMILES string of the molecule is CO[SiH](CCCCCCOC(C)CNCC(C)OCCCCCC[SiH](OC)OC)OC. The van der Waals surface area contributed by atoms with Crippen LogP contribution in [0, 0.1) is 0 Å². The van der Waals surface area contributed by atoms with Crippen molar-refractivity contribution in [2.75, 3.05) is 54.7 Å². The number of unbranched alkanes of at least 4 members (excludes halogenated alkanes) is 6. The van der Waals surface area contributed by atoms with Gasteiger partial charge in [-0.1, -0.05) is 38.5 Å². The summed E-state index contributed by atoms with van der Waals surface area (Å²) in [6, 6.07) is 2.19. The maximum absolute atomic E-state index is 5.90. The van der Waals surface area contributed by atoms with Crippen LogP contribution in [0.1, 0.15) is 65.2 Å². The van der Waals surface area contributed by atoms with Gasteiger partial charge in [-0.3, -0.25) is 0 Å². The summed E-state index contributed by atoms with van der Waals surface area (Å²) in [5.41, 5.74) is 0. The fraction of sp³-hybridized carbons (Fsp3) is 1.00. The van der Waals surface area contributed by atoms with Crippen molar-refractivity contribution < 1.29 is 27.2 Å². The largest absolute Gasteiger partial charge is 0.400 e. The molecular weight excluding hydrogens is 430 g/mol. The lowest BCUT2D eigenvalue weighted by molar-refractivity contribution is 0.0464. The van der Waals surface area contributed by atoms with E-state index in [1.54, 1.807) is 28.4 Å². The zero-order valence-corrected chi connectivity index (χ0v) is 23.5. The van der Waals surface area contributed by atoms with Gasteiger partial charge in [0.25, 0.3) is 0 Å². The standard InChI is InChI=1S/C22H51NO6Si2/c1-21(28-15-11-7-9-13-17-30(24-3)25-4)19-23-20-22(2)29-16-12-8-10-14-18-31(26-5)27-6/h21-23,30-31H,7-20H2,1-6H3. The van der Waals surface area contributed by atoms with E-state index in [2.05, 4.69) is 19.2 Å². The second-order valence-corrected chi connectivity index (χ2v) is 13.0. The van der Waals surface area contributed by atoms with E-state index in [4.69, 9.17) is 27.2 Å². The van der Waals surface area contributed by atoms with E-state index in [0.717, 1.165) is 51.2 Å². The van der Waals surface area contributed by atoms with Crippen molar-refractivity contribution in [1.29, 1.82) is 0 Å². The molecule has 31 heavy (non-hydrogen) atoms. The molecule has 0 bridgehead atoms. The second-order valence-electron chi connectivity index (χ2n) is 8.23. The van der Waals surface area contributed by atoms with E-state index in [9.17, 15) is 0 Å². The first kappa shape index (κ1) is 31.2. The third kappa shape index (κ3) is 20.5. The number of hydrogen-bond donors (Lipinski definition) is 1. The van der Waals surface area contributed by atoms with Gasteiger partial charge in [0.1, 0.15) is 0 Å². The van der Waals surface area contributed by atoms with Crippen LogP contribution in [-0.4, -0.2) is 85.5 Å². The van der Waals surface area contributed by atoms with E-state index in [1.807, 2.05) is 0 Å². The van der Waals surface area contributed by atoms with E-state index < -0.39 is 18.6 Å². The van der Waals surface area contributed by atoms with Gasteiger partial charge in [-0.25, -0.2) is 0 Å². The highest BCUT2D eigenvalue weighted by molar-refractivity contribution is 6.44. The van der Waals surface area contributed by atoms with E-state index in [-0.39, 0.29) is 12.2 Å². The first-order valence-electron chi connectivity index (χ1n) is 12.1. The Morgan fingerprint density at radius 1 is 0.548 bits per heavy atom. The van der Waals surface area contributed by atoms with Crippen molar-refractivity contribution in [3.63, 3.8) is 0 Å². The first-order valence-corrected chi connectivity index (χ1v) is 15.6. The molecule has 0 fully saturated rings. The van der Waals surface area contributed by atoms with Crippen LogP contribution in [0.2, 0.25) is 12.1 Å². The predicted molar refractivity (Wildman–Crippen MR) is 133 cm³/mol. The van der Waals surface area contributed by atoms with Gasteiger partial charge in [-0.05, 0) is 38.8 Å². The molecule has 0 amide bonds. The fourth-order valence-electron chi connectivity index (χ4n) is 3.37. The Hall–Kier alpha value is 0.154. The average molecular weight is 482 g/mol. The van der Waals surface area contributed by atoms with Crippen molar-refractivity contribution in [3.8, 4) is 0 Å². The molecule has 0 spiro atoms. The normalized spacial score (nSPS) is 13.9. The summed E-state index contributed by atoms with van der Waals surface area (Å²) in [6.45, 7) is 7.67. The Balaban J connectivity index is 3.42. The van der Waals surface area contributed by atoms with Crippen molar-refractivity contribution >= 4 is 18.6 Å². The Morgan fingerprint density at radius 2 is 0.903 bits per heavy atom. The molecule has 7 nitrogen and oxygen atoms in total. The molecule has 2 unspecified atom stereocenters. The van der Waals surface area contributed by atoms with E-state index in [0.29, 0.717) is 0 Å². The molecule has 0 aliphatic rings. The molecule has 0 rings (SSSR count). The molecular formula is C22H51NO6Si2. The molecule has 9 heteroatoms. The minimum absolute atomic E-state index is 0.234. The highest BCUT2D eigenvalue weighted by Gasteiger charge is 2.09. The van der Waals surface area contributed by atoms with Crippen LogP contribution in [0.3, 0.4) is 0 Å². The van der Waals surface area contributed by atoms with Gasteiger partial charge in [0.05, 0.1) is 12.2 Å². The molecule has 0 aliphatic carbocycles. The number of ether oxygens (including phenoxy) is 2. The maximum Gasteiger partial charge on any atom is 0.320 e. The minimum Gasteiger partial charge on any atom is -0.400 e. The van der Waals surface area contributed by atoms with Gasteiger partial charge >= 0.3 is 18.6 Å². The summed E-state index contributed by atoms with van der Waals surface area (Å²) >= 11 is 0. The highest BCUT2D eigenvalue weighted by Crippen LogP contribution is 2.09. The van der Waals surface area contributed by atoms with Gasteiger partial charge in [0.15, 0.2) is 0 Å². The van der Waals surface area contributed by atoms with E-state index in [1.165, 1.54) is 38.5 Å². The van der Waals surface area contributed by atoms with Gasteiger partial charge < -0.3 is 32.5 Å². The van der Waals surface area contributed by atoms with Crippen molar-refractivity contribution in [1.82, 2.24) is 5.32 Å². The third-order valence-corrected chi connectivity index (χ3v) is 9.25. The quantitative estimate of drug-likeness (QED) is 0.167. The smallest absolute Gasteiger partial charge is 0.320 e. The molecule has 0 heterocycles. The summed E-state index contributed by atoms with van der Waals surface area (Å²) in [7, 11) is 4.28. The Labute approximate surface area is 195 Å². The van der Waals surface area contributed by atoms with Crippen LogP contribution in [0.4, 0.5) is 0 Å². The Bertz CT molecular complexity index is 331. The number of rotatable bonds is 24. The molecule has 0 aliphatic heterocycles. The lowest BCUT2D eigenvalue weighted by Crippen LogP contribution is -2.33. The average Bonchev–Trinajstić information content (AvgIpc) is 2.77. The Morgan fingerprint density at radius 3 is 1.26 bits per heavy atom. The van der Waals surface area contributed by atoms with Gasteiger partial charge in [-0.2, -0.15) is 0 Å². The topological polar surface area (TPSA) is 67.4 Å². The van der Waals surface area contributed by atoms with Crippen molar-refractivity contribution in [3.05, 3.63) is 0 Å². The zero-order chi connectivity index (χ0) is 23.2. The van der Waals surface area contributed by atoms with E-state index >= 15 is 0 Å². The predicted octanol–water partition coefficient (Wildman–Crippen LogP) is 3.53. The minimum atomic E-state index is -1.37. The van der Waals surface area contributed by atoms with Crippen LogP contribution in [0.15, 0.2) is 0 Å². The fourth-order valence-corrected chi connectivity index (χ4v) is 5.95. The molecule has 1 N–H and O–H groups in total. The van der Waals surface area contributed by atoms with Crippen LogP contribution in [-0.2, 0) is 27.2 Å². The van der Waals surface area contributed by atoms with Crippen molar-refractivity contribution in [2.24, 2.45) is 0 Å². The first-order chi connectivity index (χ1) is 15.1. The monoisotopic (exact) mass is 481 g/mol. The van der Waals surface area contributed by atoms with Crippen LogP contribution < -0.4 is 5.32 Å². The highest BCUT2D eigenvalue weighted by atomic mass is 28.3. The molecule has 0 aromatic rings. The second kappa shape index (κ2) is 23.3. The lowest BCUT2D eigenvalue weighted by Gasteiger charge is -2.17. The summed E-state index contributed by atoms with van der Waals surface area (Å²) in [4.78, 5) is 0. The third-order valence-electron chi connectivity index (χ3n) is 5.39. The zero-order valence-electron chi connectivity index (χ0n) is 21.2. The Kier molecular flexibility index (Phi) is 23.4. The molecule has 2 atom stereocenters. The molecule has 0 aromatic carbocycles. The summed E-state index contributed by atoms with van der Waals surface area (Å²) in [5.74, 6) is 0. The lowest BCUT2D eigenvalue weighted by atomic mass is 10.2. The van der Waals surface area contributed by atoms with Gasteiger partial charge in [-0.15, -0.1) is 0 Å². The van der Waals surface area contributed by atoms with Crippen molar-refractivity contribution in [2.45, 2.75) is 89.5 Å². The molecule has 188 valence electrons. The molecule has 0 aromatic heterocycles. The van der Waals surface area contributed by atoms with Crippen LogP contribution in [0.25, 0.3) is 0 Å².